The highest BCUT2D eigenvalue weighted by atomic mass is 32.2. The van der Waals surface area contributed by atoms with Crippen molar-refractivity contribution in [2.75, 3.05) is 5.75 Å². The molecule has 0 radical (unpaired) electrons. The zero-order chi connectivity index (χ0) is 12.7. The smallest absolute Gasteiger partial charge is 0.267 e. The van der Waals surface area contributed by atoms with E-state index in [0.29, 0.717) is 0 Å². The van der Waals surface area contributed by atoms with E-state index >= 15 is 0 Å². The third-order valence-corrected chi connectivity index (χ3v) is 3.71. The summed E-state index contributed by atoms with van der Waals surface area (Å²) in [5.41, 5.74) is 0.904. The SMILES string of the molecule is CC(C)(CS(=O)(=O)O)n1cnc2ccccc21. The van der Waals surface area contributed by atoms with Crippen LogP contribution in [-0.4, -0.2) is 28.3 Å². The maximum Gasteiger partial charge on any atom is 0.267 e. The summed E-state index contributed by atoms with van der Waals surface area (Å²) in [5.74, 6) is -0.347. The predicted molar refractivity (Wildman–Crippen MR) is 65.5 cm³/mol. The van der Waals surface area contributed by atoms with Crippen LogP contribution >= 0.6 is 0 Å². The standard InChI is InChI=1S/C11H14N2O3S/c1-11(2,7-17(14,15)16)13-8-12-9-5-3-4-6-10(9)13/h3-6,8H,7H2,1-2H3,(H,14,15,16). The summed E-state index contributed by atoms with van der Waals surface area (Å²) in [6.45, 7) is 3.49. The van der Waals surface area contributed by atoms with Crippen LogP contribution in [0.3, 0.4) is 0 Å². The van der Waals surface area contributed by atoms with Crippen molar-refractivity contribution in [2.45, 2.75) is 19.4 Å². The van der Waals surface area contributed by atoms with E-state index in [-0.39, 0.29) is 5.75 Å². The summed E-state index contributed by atoms with van der Waals surface area (Å²) in [4.78, 5) is 4.20. The molecule has 0 aliphatic rings. The normalized spacial score (nSPS) is 13.1. The minimum absolute atomic E-state index is 0.347. The minimum atomic E-state index is -4.03. The molecule has 0 saturated heterocycles. The summed E-state index contributed by atoms with van der Waals surface area (Å²) in [6.07, 6.45) is 1.59. The van der Waals surface area contributed by atoms with Gasteiger partial charge in [0.15, 0.2) is 0 Å². The van der Waals surface area contributed by atoms with Crippen LogP contribution in [0.2, 0.25) is 0 Å². The van der Waals surface area contributed by atoms with E-state index < -0.39 is 15.7 Å². The van der Waals surface area contributed by atoms with Gasteiger partial charge in [-0.15, -0.1) is 0 Å². The molecule has 0 aliphatic carbocycles. The van der Waals surface area contributed by atoms with Crippen LogP contribution in [0.1, 0.15) is 13.8 Å². The molecule has 0 atom stereocenters. The van der Waals surface area contributed by atoms with Crippen LogP contribution in [-0.2, 0) is 15.7 Å². The Morgan fingerprint density at radius 2 is 2.00 bits per heavy atom. The quantitative estimate of drug-likeness (QED) is 0.845. The van der Waals surface area contributed by atoms with E-state index in [4.69, 9.17) is 4.55 Å². The zero-order valence-corrected chi connectivity index (χ0v) is 10.5. The molecule has 17 heavy (non-hydrogen) atoms. The van der Waals surface area contributed by atoms with E-state index in [0.717, 1.165) is 11.0 Å². The molecule has 5 nitrogen and oxygen atoms in total. The number of nitrogens with zero attached hydrogens (tertiary/aromatic N) is 2. The van der Waals surface area contributed by atoms with Gasteiger partial charge < -0.3 is 4.57 Å². The van der Waals surface area contributed by atoms with Gasteiger partial charge in [0.25, 0.3) is 10.1 Å². The van der Waals surface area contributed by atoms with Gasteiger partial charge in [-0.3, -0.25) is 4.55 Å². The lowest BCUT2D eigenvalue weighted by Crippen LogP contribution is -2.33. The summed E-state index contributed by atoms with van der Waals surface area (Å²) in [5, 5.41) is 0. The number of rotatable bonds is 3. The van der Waals surface area contributed by atoms with E-state index in [9.17, 15) is 8.42 Å². The predicted octanol–water partition coefficient (Wildman–Crippen LogP) is 1.66. The van der Waals surface area contributed by atoms with Crippen LogP contribution < -0.4 is 0 Å². The molecule has 0 fully saturated rings. The lowest BCUT2D eigenvalue weighted by molar-refractivity contribution is 0.386. The molecule has 0 saturated carbocycles. The lowest BCUT2D eigenvalue weighted by atomic mass is 10.1. The van der Waals surface area contributed by atoms with Crippen LogP contribution in [0.4, 0.5) is 0 Å². The van der Waals surface area contributed by atoms with E-state index in [2.05, 4.69) is 4.98 Å². The first kappa shape index (κ1) is 12.1. The monoisotopic (exact) mass is 254 g/mol. The molecule has 92 valence electrons. The average Bonchev–Trinajstić information content (AvgIpc) is 2.57. The van der Waals surface area contributed by atoms with E-state index in [1.54, 1.807) is 24.7 Å². The van der Waals surface area contributed by atoms with Crippen molar-refractivity contribution in [3.63, 3.8) is 0 Å². The Morgan fingerprint density at radius 1 is 1.35 bits per heavy atom. The average molecular weight is 254 g/mol. The van der Waals surface area contributed by atoms with Gasteiger partial charge in [-0.2, -0.15) is 8.42 Å². The second-order valence-electron chi connectivity index (χ2n) is 4.64. The number of imidazole rings is 1. The highest BCUT2D eigenvalue weighted by molar-refractivity contribution is 7.85. The third-order valence-electron chi connectivity index (χ3n) is 2.64. The molecular formula is C11H14N2O3S. The minimum Gasteiger partial charge on any atom is -0.324 e. The highest BCUT2D eigenvalue weighted by Crippen LogP contribution is 2.23. The Balaban J connectivity index is 2.52. The summed E-state index contributed by atoms with van der Waals surface area (Å²) in [6, 6.07) is 7.46. The van der Waals surface area contributed by atoms with Gasteiger partial charge in [-0.1, -0.05) is 12.1 Å². The van der Waals surface area contributed by atoms with Crippen molar-refractivity contribution in [2.24, 2.45) is 0 Å². The zero-order valence-electron chi connectivity index (χ0n) is 9.66. The summed E-state index contributed by atoms with van der Waals surface area (Å²) < 4.78 is 32.7. The fraction of sp³-hybridized carbons (Fsp3) is 0.364. The van der Waals surface area contributed by atoms with Crippen molar-refractivity contribution >= 4 is 21.2 Å². The molecule has 1 heterocycles. The molecule has 1 aromatic carbocycles. The van der Waals surface area contributed by atoms with Gasteiger partial charge in [0.05, 0.1) is 28.7 Å². The second kappa shape index (κ2) is 3.82. The molecule has 0 unspecified atom stereocenters. The lowest BCUT2D eigenvalue weighted by Gasteiger charge is -2.25. The molecule has 2 aromatic rings. The van der Waals surface area contributed by atoms with E-state index in [1.165, 1.54) is 0 Å². The van der Waals surface area contributed by atoms with Crippen LogP contribution in [0.25, 0.3) is 11.0 Å². The van der Waals surface area contributed by atoms with Gasteiger partial charge in [-0.25, -0.2) is 4.98 Å². The molecule has 1 N–H and O–H groups in total. The molecule has 0 spiro atoms. The first-order valence-electron chi connectivity index (χ1n) is 5.17. The Labute approximate surface area is 99.8 Å². The molecule has 0 amide bonds. The van der Waals surface area contributed by atoms with Gasteiger partial charge in [0.1, 0.15) is 0 Å². The Kier molecular flexibility index (Phi) is 2.71. The van der Waals surface area contributed by atoms with Crippen LogP contribution in [0, 0.1) is 0 Å². The number of para-hydroxylation sites is 2. The van der Waals surface area contributed by atoms with E-state index in [1.807, 2.05) is 24.3 Å². The Bertz CT molecular complexity index is 644. The topological polar surface area (TPSA) is 72.2 Å². The van der Waals surface area contributed by atoms with Crippen molar-refractivity contribution in [3.05, 3.63) is 30.6 Å². The maximum absolute atomic E-state index is 11.0. The number of hydrogen-bond acceptors (Lipinski definition) is 3. The molecule has 0 bridgehead atoms. The number of fused-ring (bicyclic) bond motifs is 1. The van der Waals surface area contributed by atoms with Gasteiger partial charge in [-0.05, 0) is 26.0 Å². The van der Waals surface area contributed by atoms with Crippen molar-refractivity contribution in [3.8, 4) is 0 Å². The number of benzene rings is 1. The van der Waals surface area contributed by atoms with Gasteiger partial charge >= 0.3 is 0 Å². The Morgan fingerprint density at radius 3 is 2.65 bits per heavy atom. The molecule has 6 heteroatoms. The second-order valence-corrected chi connectivity index (χ2v) is 6.09. The number of aromatic nitrogens is 2. The summed E-state index contributed by atoms with van der Waals surface area (Å²) in [7, 11) is -4.03. The third kappa shape index (κ3) is 2.48. The number of hydrogen-bond donors (Lipinski definition) is 1. The first-order valence-corrected chi connectivity index (χ1v) is 6.78. The fourth-order valence-corrected chi connectivity index (χ4v) is 2.99. The fourth-order valence-electron chi connectivity index (χ4n) is 1.96. The molecular weight excluding hydrogens is 240 g/mol. The molecule has 1 aromatic heterocycles. The Hall–Kier alpha value is -1.40. The molecule has 2 rings (SSSR count). The van der Waals surface area contributed by atoms with Crippen LogP contribution in [0.5, 0.6) is 0 Å². The summed E-state index contributed by atoms with van der Waals surface area (Å²) >= 11 is 0. The van der Waals surface area contributed by atoms with Crippen molar-refractivity contribution in [1.82, 2.24) is 9.55 Å². The molecule has 0 aliphatic heterocycles. The van der Waals surface area contributed by atoms with Gasteiger partial charge in [0.2, 0.25) is 0 Å². The largest absolute Gasteiger partial charge is 0.324 e. The van der Waals surface area contributed by atoms with Crippen molar-refractivity contribution < 1.29 is 13.0 Å². The van der Waals surface area contributed by atoms with Crippen molar-refractivity contribution in [1.29, 1.82) is 0 Å². The maximum atomic E-state index is 11.0. The highest BCUT2D eigenvalue weighted by Gasteiger charge is 2.27. The van der Waals surface area contributed by atoms with Gasteiger partial charge in [0, 0.05) is 0 Å². The first-order chi connectivity index (χ1) is 7.80. The van der Waals surface area contributed by atoms with Crippen LogP contribution in [0.15, 0.2) is 30.6 Å².